The van der Waals surface area contributed by atoms with Crippen LogP contribution >= 0.6 is 0 Å². The quantitative estimate of drug-likeness (QED) is 0.858. The van der Waals surface area contributed by atoms with Crippen LogP contribution in [0.5, 0.6) is 0 Å². The summed E-state index contributed by atoms with van der Waals surface area (Å²) < 4.78 is 5.11. The Hall–Kier alpha value is -0.900. The van der Waals surface area contributed by atoms with E-state index in [1.807, 2.05) is 6.92 Å². The lowest BCUT2D eigenvalue weighted by atomic mass is 9.65. The maximum absolute atomic E-state index is 6.64. The third-order valence-electron chi connectivity index (χ3n) is 4.07. The Morgan fingerprint density at radius 2 is 2.12 bits per heavy atom. The van der Waals surface area contributed by atoms with Crippen molar-refractivity contribution in [1.82, 2.24) is 10.1 Å². The van der Waals surface area contributed by atoms with Gasteiger partial charge in [-0.2, -0.15) is 4.98 Å². The number of aryl methyl sites for hydroxylation is 1. The Balaban J connectivity index is 2.35. The summed E-state index contributed by atoms with van der Waals surface area (Å²) in [5, 5.41) is 4.07. The molecule has 0 saturated heterocycles. The minimum absolute atomic E-state index is 0.413. The van der Waals surface area contributed by atoms with Gasteiger partial charge in [0.15, 0.2) is 5.82 Å². The van der Waals surface area contributed by atoms with Crippen molar-refractivity contribution in [3.8, 4) is 0 Å². The van der Waals surface area contributed by atoms with Crippen LogP contribution in [-0.4, -0.2) is 10.1 Å². The Labute approximate surface area is 103 Å². The fourth-order valence-corrected chi connectivity index (χ4v) is 3.23. The second kappa shape index (κ2) is 4.41. The summed E-state index contributed by atoms with van der Waals surface area (Å²) in [6.45, 7) is 8.53. The molecule has 1 aliphatic rings. The molecular formula is C13H23N3O. The first-order valence-electron chi connectivity index (χ1n) is 6.53. The summed E-state index contributed by atoms with van der Waals surface area (Å²) in [6, 6.07) is 0. The number of rotatable bonds is 2. The average molecular weight is 237 g/mol. The molecule has 3 unspecified atom stereocenters. The van der Waals surface area contributed by atoms with Gasteiger partial charge in [0.1, 0.15) is 0 Å². The highest BCUT2D eigenvalue weighted by Crippen LogP contribution is 2.44. The monoisotopic (exact) mass is 237 g/mol. The van der Waals surface area contributed by atoms with Gasteiger partial charge in [-0.3, -0.25) is 0 Å². The van der Waals surface area contributed by atoms with Crippen LogP contribution in [0.4, 0.5) is 0 Å². The predicted molar refractivity (Wildman–Crippen MR) is 66.2 cm³/mol. The summed E-state index contributed by atoms with van der Waals surface area (Å²) in [4.78, 5) is 4.37. The maximum Gasteiger partial charge on any atom is 0.223 e. The third kappa shape index (κ3) is 2.23. The van der Waals surface area contributed by atoms with E-state index in [-0.39, 0.29) is 0 Å². The van der Waals surface area contributed by atoms with E-state index in [1.54, 1.807) is 0 Å². The van der Waals surface area contributed by atoms with Crippen molar-refractivity contribution in [2.24, 2.45) is 23.5 Å². The van der Waals surface area contributed by atoms with E-state index >= 15 is 0 Å². The fourth-order valence-electron chi connectivity index (χ4n) is 3.23. The van der Waals surface area contributed by atoms with E-state index in [1.165, 1.54) is 6.42 Å². The van der Waals surface area contributed by atoms with Gasteiger partial charge in [-0.1, -0.05) is 32.3 Å². The molecule has 96 valence electrons. The SMILES string of the molecule is Cc1nc(C2(N)CC(C)CCC2C(C)C)no1. The first-order valence-corrected chi connectivity index (χ1v) is 6.53. The van der Waals surface area contributed by atoms with Gasteiger partial charge < -0.3 is 10.3 Å². The molecule has 1 heterocycles. The minimum Gasteiger partial charge on any atom is -0.340 e. The number of hydrogen-bond acceptors (Lipinski definition) is 4. The molecule has 0 bridgehead atoms. The van der Waals surface area contributed by atoms with Crippen LogP contribution in [0.15, 0.2) is 4.52 Å². The number of aromatic nitrogens is 2. The molecule has 1 aromatic heterocycles. The normalized spacial score (nSPS) is 34.2. The highest BCUT2D eigenvalue weighted by Gasteiger charge is 2.45. The van der Waals surface area contributed by atoms with Crippen LogP contribution < -0.4 is 5.73 Å². The van der Waals surface area contributed by atoms with Gasteiger partial charge in [-0.25, -0.2) is 0 Å². The van der Waals surface area contributed by atoms with E-state index in [4.69, 9.17) is 10.3 Å². The molecule has 0 amide bonds. The van der Waals surface area contributed by atoms with E-state index in [0.29, 0.717) is 29.5 Å². The third-order valence-corrected chi connectivity index (χ3v) is 4.07. The lowest BCUT2D eigenvalue weighted by Crippen LogP contribution is -2.51. The summed E-state index contributed by atoms with van der Waals surface area (Å²) in [5.74, 6) is 2.92. The van der Waals surface area contributed by atoms with Crippen molar-refractivity contribution >= 4 is 0 Å². The van der Waals surface area contributed by atoms with Crippen molar-refractivity contribution in [1.29, 1.82) is 0 Å². The van der Waals surface area contributed by atoms with Crippen molar-refractivity contribution in [2.75, 3.05) is 0 Å². The molecule has 17 heavy (non-hydrogen) atoms. The summed E-state index contributed by atoms with van der Waals surface area (Å²) in [7, 11) is 0. The standard InChI is InChI=1S/C13H23N3O/c1-8(2)11-6-5-9(3)7-13(11,14)12-15-10(4)17-16-12/h8-9,11H,5-7,14H2,1-4H3. The summed E-state index contributed by atoms with van der Waals surface area (Å²) in [5.41, 5.74) is 6.23. The highest BCUT2D eigenvalue weighted by atomic mass is 16.5. The topological polar surface area (TPSA) is 64.9 Å². The lowest BCUT2D eigenvalue weighted by Gasteiger charge is -2.43. The zero-order valence-electron chi connectivity index (χ0n) is 11.2. The van der Waals surface area contributed by atoms with Gasteiger partial charge in [0, 0.05) is 6.92 Å². The molecule has 3 atom stereocenters. The van der Waals surface area contributed by atoms with E-state index in [9.17, 15) is 0 Å². The van der Waals surface area contributed by atoms with E-state index < -0.39 is 5.54 Å². The molecular weight excluding hydrogens is 214 g/mol. The number of nitrogens with two attached hydrogens (primary N) is 1. The van der Waals surface area contributed by atoms with Gasteiger partial charge in [0.2, 0.25) is 5.89 Å². The van der Waals surface area contributed by atoms with Crippen LogP contribution in [0.2, 0.25) is 0 Å². The fraction of sp³-hybridized carbons (Fsp3) is 0.846. The molecule has 2 N–H and O–H groups in total. The molecule has 1 aromatic rings. The molecule has 2 rings (SSSR count). The van der Waals surface area contributed by atoms with Gasteiger partial charge in [-0.05, 0) is 30.6 Å². The van der Waals surface area contributed by atoms with Crippen LogP contribution in [0.3, 0.4) is 0 Å². The van der Waals surface area contributed by atoms with E-state index in [2.05, 4.69) is 30.9 Å². The van der Waals surface area contributed by atoms with Crippen LogP contribution in [0.25, 0.3) is 0 Å². The zero-order valence-corrected chi connectivity index (χ0v) is 11.2. The van der Waals surface area contributed by atoms with Gasteiger partial charge >= 0.3 is 0 Å². The molecule has 0 radical (unpaired) electrons. The minimum atomic E-state index is -0.413. The molecule has 1 saturated carbocycles. The molecule has 4 heteroatoms. The largest absolute Gasteiger partial charge is 0.340 e. The smallest absolute Gasteiger partial charge is 0.223 e. The van der Waals surface area contributed by atoms with Crippen molar-refractivity contribution in [3.05, 3.63) is 11.7 Å². The molecule has 0 aromatic carbocycles. The Bertz CT molecular complexity index is 388. The first-order chi connectivity index (χ1) is 7.93. The van der Waals surface area contributed by atoms with Crippen LogP contribution in [-0.2, 0) is 5.54 Å². The zero-order chi connectivity index (χ0) is 12.6. The van der Waals surface area contributed by atoms with Gasteiger partial charge in [-0.15, -0.1) is 0 Å². The average Bonchev–Trinajstić information content (AvgIpc) is 2.64. The van der Waals surface area contributed by atoms with Crippen molar-refractivity contribution in [3.63, 3.8) is 0 Å². The van der Waals surface area contributed by atoms with Gasteiger partial charge in [0.25, 0.3) is 0 Å². The second-order valence-electron chi connectivity index (χ2n) is 5.91. The number of hydrogen-bond donors (Lipinski definition) is 1. The summed E-state index contributed by atoms with van der Waals surface area (Å²) >= 11 is 0. The highest BCUT2D eigenvalue weighted by molar-refractivity contribution is 5.10. The Morgan fingerprint density at radius 3 is 2.65 bits per heavy atom. The predicted octanol–water partition coefficient (Wildman–Crippen LogP) is 2.62. The first kappa shape index (κ1) is 12.6. The molecule has 1 fully saturated rings. The second-order valence-corrected chi connectivity index (χ2v) is 5.91. The molecule has 1 aliphatic carbocycles. The van der Waals surface area contributed by atoms with Crippen molar-refractivity contribution < 1.29 is 4.52 Å². The van der Waals surface area contributed by atoms with Crippen molar-refractivity contribution in [2.45, 2.75) is 52.5 Å². The maximum atomic E-state index is 6.64. The van der Waals surface area contributed by atoms with Crippen LogP contribution in [0, 0.1) is 24.7 Å². The van der Waals surface area contributed by atoms with E-state index in [0.717, 1.165) is 12.8 Å². The van der Waals surface area contributed by atoms with Crippen LogP contribution in [0.1, 0.15) is 51.7 Å². The number of nitrogens with zero attached hydrogens (tertiary/aromatic N) is 2. The molecule has 0 spiro atoms. The lowest BCUT2D eigenvalue weighted by molar-refractivity contribution is 0.0983. The Morgan fingerprint density at radius 1 is 1.41 bits per heavy atom. The molecule has 0 aliphatic heterocycles. The summed E-state index contributed by atoms with van der Waals surface area (Å²) in [6.07, 6.45) is 3.36. The van der Waals surface area contributed by atoms with Gasteiger partial charge in [0.05, 0.1) is 5.54 Å². The Kier molecular flexibility index (Phi) is 3.25. The molecule has 4 nitrogen and oxygen atoms in total.